The predicted molar refractivity (Wildman–Crippen MR) is 186 cm³/mol. The molecule has 1 atom stereocenters. The molecule has 2 aromatic heterocycles. The molecular formula is C34H36N8O12. The molecular weight excluding hydrogens is 712 g/mol. The van der Waals surface area contributed by atoms with Crippen LogP contribution in [-0.4, -0.2) is 84.2 Å². The van der Waals surface area contributed by atoms with Crippen molar-refractivity contribution in [2.24, 2.45) is 0 Å². The lowest BCUT2D eigenvalue weighted by Crippen LogP contribution is -2.34. The first-order chi connectivity index (χ1) is 25.9. The topological polar surface area (TPSA) is 248 Å². The van der Waals surface area contributed by atoms with Crippen molar-refractivity contribution >= 4 is 23.2 Å². The molecule has 2 heterocycles. The van der Waals surface area contributed by atoms with E-state index >= 15 is 0 Å². The monoisotopic (exact) mass is 748 g/mol. The zero-order valence-electron chi connectivity index (χ0n) is 29.4. The van der Waals surface area contributed by atoms with Crippen molar-refractivity contribution in [2.45, 2.75) is 58.5 Å². The van der Waals surface area contributed by atoms with Crippen LogP contribution in [0, 0.1) is 20.2 Å². The van der Waals surface area contributed by atoms with E-state index in [1.54, 1.807) is 22.8 Å². The summed E-state index contributed by atoms with van der Waals surface area (Å²) in [6.45, 7) is 4.37. The summed E-state index contributed by atoms with van der Waals surface area (Å²) in [5.74, 6) is -2.02. The fourth-order valence-electron chi connectivity index (χ4n) is 5.49. The largest absolute Gasteiger partial charge is 0.511 e. The molecule has 5 aromatic rings. The number of fused-ring (bicyclic) bond motifs is 1. The lowest BCUT2D eigenvalue weighted by molar-refractivity contribution is -0.790. The van der Waals surface area contributed by atoms with Crippen LogP contribution in [-0.2, 0) is 30.4 Å². The highest BCUT2D eigenvalue weighted by Crippen LogP contribution is 2.31. The third-order valence-corrected chi connectivity index (χ3v) is 7.77. The fraction of sp³-hybridized carbons (Fsp3) is 0.353. The Hall–Kier alpha value is -6.86. The number of imidazole rings is 1. The standard InChI is InChI=1S/C34H36N8O12/c1-4-49-32-35-28-14-9-13-27(31(43)52-34(2,3)53-33(44)50-19-8-7-10-24(54-42(47)48)21-51-41(45)46)29(28)40(32)20-22-15-17-23(18-16-22)25-11-5-6-12-26(25)30-36-38-39-37-30/h5-6,9,11-18,24H,4,7-8,10,19-21H2,1-3H3,(H,36,37,38,39)/t24-/m1/s1. The number of esters is 1. The summed E-state index contributed by atoms with van der Waals surface area (Å²) in [4.78, 5) is 60.2. The number of unbranched alkanes of at least 4 members (excludes halogenated alkanes) is 1. The van der Waals surface area contributed by atoms with Gasteiger partial charge in [-0.1, -0.05) is 54.6 Å². The molecule has 0 aliphatic carbocycles. The number of ether oxygens (including phenoxy) is 4. The first kappa shape index (κ1) is 38.4. The summed E-state index contributed by atoms with van der Waals surface area (Å²) in [7, 11) is 0. The second kappa shape index (κ2) is 17.6. The van der Waals surface area contributed by atoms with Gasteiger partial charge in [0.2, 0.25) is 0 Å². The third-order valence-electron chi connectivity index (χ3n) is 7.77. The molecule has 0 radical (unpaired) electrons. The fourth-order valence-corrected chi connectivity index (χ4v) is 5.49. The van der Waals surface area contributed by atoms with Gasteiger partial charge in [0.05, 0.1) is 36.4 Å². The molecule has 0 spiro atoms. The highest BCUT2D eigenvalue weighted by molar-refractivity contribution is 6.02. The first-order valence-electron chi connectivity index (χ1n) is 16.7. The Morgan fingerprint density at radius 1 is 0.944 bits per heavy atom. The van der Waals surface area contributed by atoms with Crippen LogP contribution in [0.5, 0.6) is 6.01 Å². The van der Waals surface area contributed by atoms with E-state index in [9.17, 15) is 29.8 Å². The van der Waals surface area contributed by atoms with Crippen LogP contribution in [0.1, 0.15) is 56.0 Å². The van der Waals surface area contributed by atoms with Crippen LogP contribution in [0.15, 0.2) is 66.7 Å². The van der Waals surface area contributed by atoms with Gasteiger partial charge in [-0.15, -0.1) is 25.3 Å². The quantitative estimate of drug-likeness (QED) is 0.0368. The summed E-state index contributed by atoms with van der Waals surface area (Å²) in [6, 6.07) is 20.8. The van der Waals surface area contributed by atoms with Crippen molar-refractivity contribution in [1.29, 1.82) is 0 Å². The van der Waals surface area contributed by atoms with Crippen LogP contribution in [0.4, 0.5) is 4.79 Å². The molecule has 0 saturated heterocycles. The van der Waals surface area contributed by atoms with Crippen molar-refractivity contribution in [2.75, 3.05) is 19.8 Å². The number of H-pyrrole nitrogens is 1. The first-order valence-corrected chi connectivity index (χ1v) is 16.7. The molecule has 0 aliphatic rings. The van der Waals surface area contributed by atoms with E-state index in [-0.39, 0.29) is 38.0 Å². The molecule has 5 rings (SSSR count). The van der Waals surface area contributed by atoms with Crippen molar-refractivity contribution in [3.63, 3.8) is 0 Å². The SMILES string of the molecule is CCOc1nc2cccc(C(=O)OC(C)(C)OC(=O)OCCCC[C@H](CO[N+](=O)[O-])O[N+](=O)[O-])c2n1Cc1ccc(-c2ccccc2-c2nnn[nH]2)cc1. The average Bonchev–Trinajstić information content (AvgIpc) is 3.79. The van der Waals surface area contributed by atoms with E-state index in [1.807, 2.05) is 55.5 Å². The van der Waals surface area contributed by atoms with Crippen LogP contribution < -0.4 is 4.74 Å². The van der Waals surface area contributed by atoms with E-state index in [0.29, 0.717) is 29.5 Å². The number of hydrogen-bond donors (Lipinski definition) is 1. The van der Waals surface area contributed by atoms with E-state index in [1.165, 1.54) is 13.8 Å². The molecule has 0 fully saturated rings. The maximum absolute atomic E-state index is 13.6. The number of carbonyl (C=O) groups excluding carboxylic acids is 2. The Bertz CT molecular complexity index is 2070. The number of nitrogens with one attached hydrogen (secondary N) is 1. The van der Waals surface area contributed by atoms with Gasteiger partial charge in [-0.3, -0.25) is 4.57 Å². The van der Waals surface area contributed by atoms with Gasteiger partial charge in [0, 0.05) is 19.4 Å². The van der Waals surface area contributed by atoms with Gasteiger partial charge in [0.25, 0.3) is 22.0 Å². The van der Waals surface area contributed by atoms with Gasteiger partial charge >= 0.3 is 12.1 Å². The van der Waals surface area contributed by atoms with E-state index in [4.69, 9.17) is 18.9 Å². The number of para-hydroxylation sites is 1. The molecule has 0 saturated carbocycles. The van der Waals surface area contributed by atoms with Gasteiger partial charge in [-0.25, -0.2) is 14.7 Å². The molecule has 54 heavy (non-hydrogen) atoms. The average molecular weight is 749 g/mol. The number of aromatic amines is 1. The second-order valence-electron chi connectivity index (χ2n) is 12.0. The molecule has 0 amide bonds. The van der Waals surface area contributed by atoms with Crippen molar-refractivity contribution in [3.05, 3.63) is 98.1 Å². The summed E-state index contributed by atoms with van der Waals surface area (Å²) < 4.78 is 23.6. The highest BCUT2D eigenvalue weighted by atomic mass is 17.0. The third kappa shape index (κ3) is 10.1. The van der Waals surface area contributed by atoms with Crippen molar-refractivity contribution < 1.29 is 48.4 Å². The Kier molecular flexibility index (Phi) is 12.5. The second-order valence-corrected chi connectivity index (χ2v) is 12.0. The maximum atomic E-state index is 13.6. The molecule has 0 aliphatic heterocycles. The molecule has 284 valence electrons. The molecule has 3 aromatic carbocycles. The number of carbonyl (C=O) groups is 2. The number of aromatic nitrogens is 6. The van der Waals surface area contributed by atoms with Crippen LogP contribution in [0.2, 0.25) is 0 Å². The Labute approximate surface area is 306 Å². The molecule has 1 N–H and O–H groups in total. The molecule has 0 unspecified atom stereocenters. The summed E-state index contributed by atoms with van der Waals surface area (Å²) in [5, 5.41) is 33.1. The van der Waals surface area contributed by atoms with Crippen LogP contribution in [0.3, 0.4) is 0 Å². The Balaban J connectivity index is 1.24. The van der Waals surface area contributed by atoms with Gasteiger partial charge in [0.15, 0.2) is 5.82 Å². The summed E-state index contributed by atoms with van der Waals surface area (Å²) >= 11 is 0. The maximum Gasteiger partial charge on any atom is 0.511 e. The van der Waals surface area contributed by atoms with Gasteiger partial charge in [-0.2, -0.15) is 4.98 Å². The number of nitrogens with zero attached hydrogens (tertiary/aromatic N) is 7. The van der Waals surface area contributed by atoms with E-state index in [0.717, 1.165) is 22.3 Å². The van der Waals surface area contributed by atoms with Crippen molar-refractivity contribution in [3.8, 4) is 28.5 Å². The van der Waals surface area contributed by atoms with Crippen LogP contribution >= 0.6 is 0 Å². The number of rotatable bonds is 19. The molecule has 20 heteroatoms. The summed E-state index contributed by atoms with van der Waals surface area (Å²) in [5.41, 5.74) is 4.67. The number of hydrogen-bond acceptors (Lipinski definition) is 16. The number of tetrazole rings is 1. The lowest BCUT2D eigenvalue weighted by atomic mass is 9.98. The number of benzene rings is 3. The lowest BCUT2D eigenvalue weighted by Gasteiger charge is -2.24. The normalized spacial score (nSPS) is 11.8. The van der Waals surface area contributed by atoms with Crippen LogP contribution in [0.25, 0.3) is 33.5 Å². The smallest absolute Gasteiger partial charge is 0.465 e. The molecule has 20 nitrogen and oxygen atoms in total. The predicted octanol–water partition coefficient (Wildman–Crippen LogP) is 5.33. The Morgan fingerprint density at radius 2 is 1.70 bits per heavy atom. The zero-order valence-corrected chi connectivity index (χ0v) is 29.4. The minimum absolute atomic E-state index is 0.0198. The highest BCUT2D eigenvalue weighted by Gasteiger charge is 2.31. The zero-order chi connectivity index (χ0) is 38.7. The van der Waals surface area contributed by atoms with Gasteiger partial charge < -0.3 is 28.6 Å². The van der Waals surface area contributed by atoms with E-state index in [2.05, 4.69) is 35.3 Å². The van der Waals surface area contributed by atoms with E-state index < -0.39 is 40.8 Å². The minimum Gasteiger partial charge on any atom is -0.465 e. The van der Waals surface area contributed by atoms with Gasteiger partial charge in [-0.05, 0) is 65.4 Å². The molecule has 0 bridgehead atoms. The Morgan fingerprint density at radius 3 is 2.39 bits per heavy atom. The van der Waals surface area contributed by atoms with Gasteiger partial charge in [0.1, 0.15) is 12.7 Å². The summed E-state index contributed by atoms with van der Waals surface area (Å²) in [6.07, 6.45) is -1.83. The van der Waals surface area contributed by atoms with Crippen molar-refractivity contribution in [1.82, 2.24) is 30.2 Å². The minimum atomic E-state index is -1.76.